The van der Waals surface area contributed by atoms with Crippen LogP contribution in [0.15, 0.2) is 47.6 Å². The zero-order valence-electron chi connectivity index (χ0n) is 14.2. The van der Waals surface area contributed by atoms with Crippen LogP contribution in [-0.2, 0) is 11.4 Å². The molecule has 0 aliphatic rings. The highest BCUT2D eigenvalue weighted by Gasteiger charge is 2.15. The van der Waals surface area contributed by atoms with Gasteiger partial charge < -0.3 is 15.9 Å². The second-order valence-electron chi connectivity index (χ2n) is 5.45. The quantitative estimate of drug-likeness (QED) is 0.460. The first-order chi connectivity index (χ1) is 13.4. The number of aromatic nitrogens is 3. The molecule has 0 spiro atoms. The molecular formula is C17H14F3N5O2S. The topological polar surface area (TPSA) is 95.1 Å². The molecule has 3 N–H and O–H groups in total. The first-order valence-corrected chi connectivity index (χ1v) is 8.87. The number of nitrogens with zero attached hydrogens (tertiary/aromatic N) is 3. The number of amides is 1. The van der Waals surface area contributed by atoms with Gasteiger partial charge in [0, 0.05) is 6.07 Å². The molecule has 0 aliphatic heterocycles. The zero-order chi connectivity index (χ0) is 20.1. The number of thioether (sulfide) groups is 1. The smallest absolute Gasteiger partial charge is 0.234 e. The summed E-state index contributed by atoms with van der Waals surface area (Å²) in [5.41, 5.74) is -0.265. The predicted molar refractivity (Wildman–Crippen MR) is 96.6 cm³/mol. The van der Waals surface area contributed by atoms with Crippen LogP contribution < -0.4 is 15.9 Å². The lowest BCUT2D eigenvalue weighted by Crippen LogP contribution is -2.18. The third-order valence-corrected chi connectivity index (χ3v) is 4.41. The van der Waals surface area contributed by atoms with Gasteiger partial charge in [-0.1, -0.05) is 23.9 Å². The Labute approximate surface area is 161 Å². The number of nitrogens with two attached hydrogens (primary N) is 1. The van der Waals surface area contributed by atoms with E-state index < -0.39 is 23.4 Å². The molecule has 0 aliphatic carbocycles. The number of para-hydroxylation sites is 1. The van der Waals surface area contributed by atoms with E-state index in [0.717, 1.165) is 34.6 Å². The number of hydrogen-bond acceptors (Lipinski definition) is 6. The molecule has 1 heterocycles. The molecule has 11 heteroatoms. The molecule has 0 saturated heterocycles. The lowest BCUT2D eigenvalue weighted by molar-refractivity contribution is -0.113. The second-order valence-corrected chi connectivity index (χ2v) is 6.39. The number of ether oxygens (including phenoxy) is 1. The van der Waals surface area contributed by atoms with Crippen LogP contribution in [0, 0.1) is 17.5 Å². The largest absolute Gasteiger partial charge is 0.482 e. The summed E-state index contributed by atoms with van der Waals surface area (Å²) in [5, 5.41) is 10.1. The summed E-state index contributed by atoms with van der Waals surface area (Å²) in [6, 6.07) is 8.59. The molecule has 28 heavy (non-hydrogen) atoms. The highest BCUT2D eigenvalue weighted by molar-refractivity contribution is 7.99. The Morgan fingerprint density at radius 3 is 2.71 bits per heavy atom. The average Bonchev–Trinajstić information content (AvgIpc) is 3.02. The van der Waals surface area contributed by atoms with E-state index in [2.05, 4.69) is 15.5 Å². The van der Waals surface area contributed by atoms with Crippen LogP contribution in [0.4, 0.5) is 18.9 Å². The minimum atomic E-state index is -0.755. The van der Waals surface area contributed by atoms with Crippen LogP contribution in [0.5, 0.6) is 5.75 Å². The number of hydrogen-bond donors (Lipinski definition) is 2. The molecular weight excluding hydrogens is 395 g/mol. The molecule has 0 fully saturated rings. The van der Waals surface area contributed by atoms with Gasteiger partial charge in [-0.3, -0.25) is 4.79 Å². The van der Waals surface area contributed by atoms with Crippen LogP contribution in [0.2, 0.25) is 0 Å². The van der Waals surface area contributed by atoms with E-state index >= 15 is 0 Å². The molecule has 0 unspecified atom stereocenters. The van der Waals surface area contributed by atoms with Crippen molar-refractivity contribution in [3.63, 3.8) is 0 Å². The molecule has 3 aromatic rings. The standard InChI is InChI=1S/C17H14F3N5O2S/c18-10-5-6-11(19)13(7-10)22-16(26)9-28-17-24-23-15(25(17)21)8-27-14-4-2-1-3-12(14)20/h1-7H,8-9,21H2,(H,22,26). The Morgan fingerprint density at radius 2 is 1.93 bits per heavy atom. The van der Waals surface area contributed by atoms with E-state index in [9.17, 15) is 18.0 Å². The van der Waals surface area contributed by atoms with Gasteiger partial charge in [-0.2, -0.15) is 0 Å². The highest BCUT2D eigenvalue weighted by atomic mass is 32.2. The van der Waals surface area contributed by atoms with Gasteiger partial charge in [-0.25, -0.2) is 17.8 Å². The number of halogens is 3. The molecule has 0 radical (unpaired) electrons. The van der Waals surface area contributed by atoms with Crippen molar-refractivity contribution in [3.05, 3.63) is 65.7 Å². The monoisotopic (exact) mass is 409 g/mol. The lowest BCUT2D eigenvalue weighted by Gasteiger charge is -2.07. The van der Waals surface area contributed by atoms with Crippen LogP contribution in [-0.4, -0.2) is 26.5 Å². The van der Waals surface area contributed by atoms with Crippen molar-refractivity contribution in [2.24, 2.45) is 0 Å². The van der Waals surface area contributed by atoms with Crippen molar-refractivity contribution in [2.75, 3.05) is 16.9 Å². The number of benzene rings is 2. The number of rotatable bonds is 7. The Morgan fingerprint density at radius 1 is 1.14 bits per heavy atom. The van der Waals surface area contributed by atoms with Gasteiger partial charge >= 0.3 is 0 Å². The molecule has 1 amide bonds. The fourth-order valence-electron chi connectivity index (χ4n) is 2.12. The molecule has 3 rings (SSSR count). The van der Waals surface area contributed by atoms with E-state index in [4.69, 9.17) is 10.6 Å². The summed E-state index contributed by atoms with van der Waals surface area (Å²) < 4.78 is 46.6. The third kappa shape index (κ3) is 4.74. The highest BCUT2D eigenvalue weighted by Crippen LogP contribution is 2.20. The van der Waals surface area contributed by atoms with E-state index in [-0.39, 0.29) is 34.8 Å². The summed E-state index contributed by atoms with van der Waals surface area (Å²) in [6.07, 6.45) is 0. The second kappa shape index (κ2) is 8.65. The van der Waals surface area contributed by atoms with Crippen LogP contribution >= 0.6 is 11.8 Å². The number of carbonyl (C=O) groups is 1. The lowest BCUT2D eigenvalue weighted by atomic mass is 10.3. The first kappa shape index (κ1) is 19.5. The summed E-state index contributed by atoms with van der Waals surface area (Å²) in [5.74, 6) is 3.39. The third-order valence-electron chi connectivity index (χ3n) is 3.46. The minimum absolute atomic E-state index is 0.0381. The van der Waals surface area contributed by atoms with Gasteiger partial charge in [-0.05, 0) is 24.3 Å². The summed E-state index contributed by atoms with van der Waals surface area (Å²) in [6.45, 7) is -0.133. The normalized spacial score (nSPS) is 10.7. The minimum Gasteiger partial charge on any atom is -0.482 e. The Kier molecular flexibility index (Phi) is 6.04. The zero-order valence-corrected chi connectivity index (χ0v) is 15.0. The number of anilines is 1. The van der Waals surface area contributed by atoms with Crippen molar-refractivity contribution < 1.29 is 22.7 Å². The predicted octanol–water partition coefficient (Wildman–Crippen LogP) is 2.72. The SMILES string of the molecule is Nn1c(COc2ccccc2F)nnc1SCC(=O)Nc1cc(F)ccc1F. The molecule has 7 nitrogen and oxygen atoms in total. The maximum Gasteiger partial charge on any atom is 0.234 e. The van der Waals surface area contributed by atoms with E-state index in [1.807, 2.05) is 0 Å². The fraction of sp³-hybridized carbons (Fsp3) is 0.118. The molecule has 0 saturated carbocycles. The molecule has 146 valence electrons. The van der Waals surface area contributed by atoms with Crippen LogP contribution in [0.3, 0.4) is 0 Å². The average molecular weight is 409 g/mol. The number of nitrogen functional groups attached to an aromatic ring is 1. The first-order valence-electron chi connectivity index (χ1n) is 7.88. The number of nitrogens with one attached hydrogen (secondary N) is 1. The van der Waals surface area contributed by atoms with Gasteiger partial charge in [-0.15, -0.1) is 10.2 Å². The van der Waals surface area contributed by atoms with Crippen LogP contribution in [0.1, 0.15) is 5.82 Å². The van der Waals surface area contributed by atoms with E-state index in [1.165, 1.54) is 18.2 Å². The van der Waals surface area contributed by atoms with Crippen molar-refractivity contribution >= 4 is 23.4 Å². The molecule has 0 bridgehead atoms. The van der Waals surface area contributed by atoms with E-state index in [0.29, 0.717) is 0 Å². The van der Waals surface area contributed by atoms with Gasteiger partial charge in [0.1, 0.15) is 18.2 Å². The van der Waals surface area contributed by atoms with Crippen molar-refractivity contribution in [2.45, 2.75) is 11.8 Å². The fourth-order valence-corrected chi connectivity index (χ4v) is 2.79. The van der Waals surface area contributed by atoms with Crippen LogP contribution in [0.25, 0.3) is 0 Å². The summed E-state index contributed by atoms with van der Waals surface area (Å²) >= 11 is 0.937. The van der Waals surface area contributed by atoms with Crippen molar-refractivity contribution in [1.29, 1.82) is 0 Å². The Balaban J connectivity index is 1.56. The summed E-state index contributed by atoms with van der Waals surface area (Å²) in [4.78, 5) is 11.9. The van der Waals surface area contributed by atoms with Crippen molar-refractivity contribution in [1.82, 2.24) is 14.9 Å². The number of carbonyl (C=O) groups excluding carboxylic acids is 1. The van der Waals surface area contributed by atoms with Gasteiger partial charge in [0.15, 0.2) is 17.4 Å². The molecule has 1 aromatic heterocycles. The Bertz CT molecular complexity index is 999. The van der Waals surface area contributed by atoms with E-state index in [1.54, 1.807) is 6.07 Å². The van der Waals surface area contributed by atoms with Gasteiger partial charge in [0.05, 0.1) is 11.4 Å². The van der Waals surface area contributed by atoms with Crippen molar-refractivity contribution in [3.8, 4) is 5.75 Å². The maximum absolute atomic E-state index is 13.5. The Hall–Kier alpha value is -3.21. The van der Waals surface area contributed by atoms with Gasteiger partial charge in [0.25, 0.3) is 0 Å². The molecule has 0 atom stereocenters. The summed E-state index contributed by atoms with van der Waals surface area (Å²) in [7, 11) is 0. The van der Waals surface area contributed by atoms with Gasteiger partial charge in [0.2, 0.25) is 11.1 Å². The molecule has 2 aromatic carbocycles. The maximum atomic E-state index is 13.5.